The Labute approximate surface area is 142 Å². The fraction of sp³-hybridized carbons (Fsp3) is 0.667. The Balaban J connectivity index is 1.64. The molecule has 2 saturated heterocycles. The first-order valence-corrected chi connectivity index (χ1v) is 8.54. The second kappa shape index (κ2) is 6.15. The summed E-state index contributed by atoms with van der Waals surface area (Å²) >= 11 is 0. The normalized spacial score (nSPS) is 24.0. The highest BCUT2D eigenvalue weighted by Gasteiger charge is 2.39. The molecule has 2 aliphatic heterocycles. The third-order valence-corrected chi connectivity index (χ3v) is 4.58. The van der Waals surface area contributed by atoms with Crippen molar-refractivity contribution in [3.8, 4) is 0 Å². The SMILES string of the molecule is Cc1ccoc1C(=O)N1C[C@@H]2C[C@@H](CN(C(=O)OC(C)(C)C)C2)C1. The van der Waals surface area contributed by atoms with Crippen LogP contribution in [0.5, 0.6) is 0 Å². The summed E-state index contributed by atoms with van der Waals surface area (Å²) in [6.07, 6.45) is 2.36. The minimum absolute atomic E-state index is 0.0436. The molecule has 3 heterocycles. The van der Waals surface area contributed by atoms with E-state index in [2.05, 4.69) is 0 Å². The monoisotopic (exact) mass is 334 g/mol. The lowest BCUT2D eigenvalue weighted by molar-refractivity contribution is -0.00764. The molecule has 6 heteroatoms. The van der Waals surface area contributed by atoms with E-state index in [0.29, 0.717) is 43.8 Å². The minimum atomic E-state index is -0.484. The summed E-state index contributed by atoms with van der Waals surface area (Å²) in [7, 11) is 0. The average molecular weight is 334 g/mol. The molecule has 1 aromatic rings. The number of carbonyl (C=O) groups is 2. The zero-order chi connectivity index (χ0) is 17.5. The van der Waals surface area contributed by atoms with E-state index in [1.54, 1.807) is 11.2 Å². The van der Waals surface area contributed by atoms with Crippen molar-refractivity contribution in [3.63, 3.8) is 0 Å². The lowest BCUT2D eigenvalue weighted by atomic mass is 9.84. The Morgan fingerprint density at radius 3 is 2.21 bits per heavy atom. The van der Waals surface area contributed by atoms with E-state index in [4.69, 9.17) is 9.15 Å². The number of hydrogen-bond acceptors (Lipinski definition) is 4. The minimum Gasteiger partial charge on any atom is -0.459 e. The van der Waals surface area contributed by atoms with Gasteiger partial charge in [-0.2, -0.15) is 0 Å². The molecule has 24 heavy (non-hydrogen) atoms. The first-order chi connectivity index (χ1) is 11.2. The van der Waals surface area contributed by atoms with Crippen LogP contribution in [0.1, 0.15) is 43.3 Å². The maximum Gasteiger partial charge on any atom is 0.410 e. The van der Waals surface area contributed by atoms with Crippen molar-refractivity contribution in [3.05, 3.63) is 23.7 Å². The van der Waals surface area contributed by atoms with E-state index in [-0.39, 0.29) is 12.0 Å². The third-order valence-electron chi connectivity index (χ3n) is 4.58. The fourth-order valence-corrected chi connectivity index (χ4v) is 3.66. The predicted octanol–water partition coefficient (Wildman–Crippen LogP) is 2.92. The number of nitrogens with zero attached hydrogens (tertiary/aromatic N) is 2. The molecule has 0 spiro atoms. The number of fused-ring (bicyclic) bond motifs is 2. The summed E-state index contributed by atoms with van der Waals surface area (Å²) in [4.78, 5) is 28.6. The van der Waals surface area contributed by atoms with Crippen molar-refractivity contribution < 1.29 is 18.7 Å². The van der Waals surface area contributed by atoms with Gasteiger partial charge < -0.3 is 19.0 Å². The van der Waals surface area contributed by atoms with Crippen LogP contribution in [0.25, 0.3) is 0 Å². The summed E-state index contributed by atoms with van der Waals surface area (Å²) < 4.78 is 10.8. The van der Waals surface area contributed by atoms with E-state index in [1.807, 2.05) is 38.7 Å². The number of amides is 2. The molecule has 1 aromatic heterocycles. The van der Waals surface area contributed by atoms with Gasteiger partial charge in [0.1, 0.15) is 5.60 Å². The number of aryl methyl sites for hydroxylation is 1. The molecule has 0 aromatic carbocycles. The highest BCUT2D eigenvalue weighted by molar-refractivity contribution is 5.93. The van der Waals surface area contributed by atoms with Crippen molar-refractivity contribution in [2.24, 2.45) is 11.8 Å². The van der Waals surface area contributed by atoms with Crippen molar-refractivity contribution in [2.45, 2.75) is 39.7 Å². The Morgan fingerprint density at radius 2 is 1.71 bits per heavy atom. The van der Waals surface area contributed by atoms with Gasteiger partial charge in [0.05, 0.1) is 6.26 Å². The number of hydrogen-bond donors (Lipinski definition) is 0. The highest BCUT2D eigenvalue weighted by atomic mass is 16.6. The standard InChI is InChI=1S/C18H26N2O4/c1-12-5-6-23-15(12)16(21)19-8-13-7-14(9-19)11-20(10-13)17(22)24-18(2,3)4/h5-6,13-14H,7-11H2,1-4H3/t13-,14+. The maximum absolute atomic E-state index is 12.6. The third kappa shape index (κ3) is 3.57. The summed E-state index contributed by atoms with van der Waals surface area (Å²) in [6.45, 7) is 10.1. The lowest BCUT2D eigenvalue weighted by Crippen LogP contribution is -2.55. The number of likely N-dealkylation sites (tertiary alicyclic amines) is 2. The smallest absolute Gasteiger partial charge is 0.410 e. The number of ether oxygens (including phenoxy) is 1. The molecule has 132 valence electrons. The van der Waals surface area contributed by atoms with Crippen LogP contribution in [0.4, 0.5) is 4.79 Å². The molecule has 2 bridgehead atoms. The topological polar surface area (TPSA) is 63.0 Å². The second-order valence-corrected chi connectivity index (χ2v) is 8.00. The van der Waals surface area contributed by atoms with E-state index in [0.717, 1.165) is 12.0 Å². The molecule has 0 aliphatic carbocycles. The summed E-state index contributed by atoms with van der Waals surface area (Å²) in [5, 5.41) is 0. The number of carbonyl (C=O) groups excluding carboxylic acids is 2. The molecular weight excluding hydrogens is 308 g/mol. The van der Waals surface area contributed by atoms with Crippen molar-refractivity contribution in [2.75, 3.05) is 26.2 Å². The zero-order valence-electron chi connectivity index (χ0n) is 14.9. The Morgan fingerprint density at radius 1 is 1.12 bits per heavy atom. The quantitative estimate of drug-likeness (QED) is 0.792. The molecule has 0 saturated carbocycles. The molecule has 2 aliphatic rings. The van der Waals surface area contributed by atoms with E-state index >= 15 is 0 Å². The molecule has 3 rings (SSSR count). The van der Waals surface area contributed by atoms with Gasteiger partial charge in [-0.1, -0.05) is 0 Å². The van der Waals surface area contributed by atoms with Crippen molar-refractivity contribution >= 4 is 12.0 Å². The van der Waals surface area contributed by atoms with Gasteiger partial charge in [0, 0.05) is 31.7 Å². The van der Waals surface area contributed by atoms with E-state index < -0.39 is 5.60 Å². The largest absolute Gasteiger partial charge is 0.459 e. The van der Waals surface area contributed by atoms with Gasteiger partial charge in [-0.05, 0) is 52.0 Å². The van der Waals surface area contributed by atoms with Crippen LogP contribution in [-0.2, 0) is 4.74 Å². The van der Waals surface area contributed by atoms with Gasteiger partial charge in [0.15, 0.2) is 5.76 Å². The fourth-order valence-electron chi connectivity index (χ4n) is 3.66. The first kappa shape index (κ1) is 16.9. The number of rotatable bonds is 1. The number of furan rings is 1. The van der Waals surface area contributed by atoms with Crippen LogP contribution in [0.15, 0.2) is 16.7 Å². The lowest BCUT2D eigenvalue weighted by Gasteiger charge is -2.45. The van der Waals surface area contributed by atoms with Gasteiger partial charge >= 0.3 is 6.09 Å². The average Bonchev–Trinajstić information content (AvgIpc) is 2.89. The van der Waals surface area contributed by atoms with Crippen molar-refractivity contribution in [1.29, 1.82) is 0 Å². The molecule has 2 atom stereocenters. The second-order valence-electron chi connectivity index (χ2n) is 8.00. The Bertz CT molecular complexity index is 617. The van der Waals surface area contributed by atoms with Crippen LogP contribution in [0, 0.1) is 18.8 Å². The summed E-state index contributed by atoms with van der Waals surface area (Å²) in [6, 6.07) is 1.81. The maximum atomic E-state index is 12.6. The molecule has 0 N–H and O–H groups in total. The first-order valence-electron chi connectivity index (χ1n) is 8.54. The Kier molecular flexibility index (Phi) is 4.32. The predicted molar refractivity (Wildman–Crippen MR) is 88.8 cm³/mol. The van der Waals surface area contributed by atoms with Crippen molar-refractivity contribution in [1.82, 2.24) is 9.80 Å². The van der Waals surface area contributed by atoms with Gasteiger partial charge in [-0.3, -0.25) is 4.79 Å². The van der Waals surface area contributed by atoms with Crippen LogP contribution >= 0.6 is 0 Å². The number of piperidine rings is 2. The van der Waals surface area contributed by atoms with Crippen LogP contribution in [0.3, 0.4) is 0 Å². The van der Waals surface area contributed by atoms with Gasteiger partial charge in [-0.15, -0.1) is 0 Å². The molecule has 2 amide bonds. The molecule has 2 fully saturated rings. The van der Waals surface area contributed by atoms with Gasteiger partial charge in [0.25, 0.3) is 5.91 Å². The molecular formula is C18H26N2O4. The molecule has 0 unspecified atom stereocenters. The highest BCUT2D eigenvalue weighted by Crippen LogP contribution is 2.30. The molecule has 6 nitrogen and oxygen atoms in total. The van der Waals surface area contributed by atoms with Crippen LogP contribution in [0.2, 0.25) is 0 Å². The zero-order valence-corrected chi connectivity index (χ0v) is 14.9. The van der Waals surface area contributed by atoms with E-state index in [1.165, 1.54) is 0 Å². The van der Waals surface area contributed by atoms with E-state index in [9.17, 15) is 9.59 Å². The molecule has 0 radical (unpaired) electrons. The Hall–Kier alpha value is -1.98. The summed E-state index contributed by atoms with van der Waals surface area (Å²) in [5.74, 6) is 0.977. The van der Waals surface area contributed by atoms with Crippen LogP contribution < -0.4 is 0 Å². The van der Waals surface area contributed by atoms with Gasteiger partial charge in [0.2, 0.25) is 0 Å². The summed E-state index contributed by atoms with van der Waals surface area (Å²) in [5.41, 5.74) is 0.383. The van der Waals surface area contributed by atoms with Crippen LogP contribution in [-0.4, -0.2) is 53.6 Å². The van der Waals surface area contributed by atoms with Gasteiger partial charge in [-0.25, -0.2) is 4.79 Å².